The van der Waals surface area contributed by atoms with E-state index in [4.69, 9.17) is 4.74 Å². The van der Waals surface area contributed by atoms with Gasteiger partial charge in [-0.3, -0.25) is 0 Å². The molecule has 0 N–H and O–H groups in total. The molecule has 0 amide bonds. The molecule has 0 bridgehead atoms. The molecule has 18 heavy (non-hydrogen) atoms. The SMILES string of the molecule is C=C(C)C(=O)OC(C)(C)C(CCC)CCCCC. The second kappa shape index (κ2) is 8.34. The number of carbonyl (C=O) groups is 1. The average molecular weight is 254 g/mol. The van der Waals surface area contributed by atoms with Gasteiger partial charge in [0.05, 0.1) is 0 Å². The molecule has 0 saturated heterocycles. The Morgan fingerprint density at radius 1 is 1.17 bits per heavy atom. The van der Waals surface area contributed by atoms with Gasteiger partial charge in [0.25, 0.3) is 0 Å². The maximum Gasteiger partial charge on any atom is 0.333 e. The monoisotopic (exact) mass is 254 g/mol. The van der Waals surface area contributed by atoms with E-state index in [1.165, 1.54) is 19.3 Å². The standard InChI is InChI=1S/C16H30O2/c1-7-9-10-12-14(11-8-2)16(5,6)18-15(17)13(3)4/h14H,3,7-12H2,1-2,4-6H3. The molecule has 0 aliphatic carbocycles. The normalized spacial score (nSPS) is 13.2. The van der Waals surface area contributed by atoms with Crippen LogP contribution in [0.2, 0.25) is 0 Å². The van der Waals surface area contributed by atoms with E-state index >= 15 is 0 Å². The fraction of sp³-hybridized carbons (Fsp3) is 0.812. The summed E-state index contributed by atoms with van der Waals surface area (Å²) in [5, 5.41) is 0. The van der Waals surface area contributed by atoms with Crippen LogP contribution in [0.1, 0.15) is 73.1 Å². The summed E-state index contributed by atoms with van der Waals surface area (Å²) >= 11 is 0. The Balaban J connectivity index is 4.53. The zero-order valence-corrected chi connectivity index (χ0v) is 12.8. The zero-order chi connectivity index (χ0) is 14.2. The molecule has 2 heteroatoms. The maximum absolute atomic E-state index is 11.7. The highest BCUT2D eigenvalue weighted by molar-refractivity contribution is 5.87. The Morgan fingerprint density at radius 3 is 2.22 bits per heavy atom. The number of carbonyl (C=O) groups excluding carboxylic acids is 1. The molecule has 0 aromatic heterocycles. The third kappa shape index (κ3) is 6.23. The summed E-state index contributed by atoms with van der Waals surface area (Å²) in [4.78, 5) is 11.7. The molecule has 1 unspecified atom stereocenters. The molecule has 0 spiro atoms. The van der Waals surface area contributed by atoms with Crippen molar-refractivity contribution in [1.29, 1.82) is 0 Å². The molecule has 106 valence electrons. The summed E-state index contributed by atoms with van der Waals surface area (Å²) in [6.07, 6.45) is 7.08. The van der Waals surface area contributed by atoms with Crippen LogP contribution >= 0.6 is 0 Å². The van der Waals surface area contributed by atoms with E-state index in [-0.39, 0.29) is 11.6 Å². The van der Waals surface area contributed by atoms with Crippen LogP contribution in [0.25, 0.3) is 0 Å². The van der Waals surface area contributed by atoms with E-state index in [9.17, 15) is 4.79 Å². The van der Waals surface area contributed by atoms with E-state index < -0.39 is 0 Å². The van der Waals surface area contributed by atoms with Crippen LogP contribution in [0.15, 0.2) is 12.2 Å². The van der Waals surface area contributed by atoms with Gasteiger partial charge in [0.2, 0.25) is 0 Å². The minimum Gasteiger partial charge on any atom is -0.456 e. The van der Waals surface area contributed by atoms with Gasteiger partial charge in [0, 0.05) is 5.57 Å². The predicted octanol–water partition coefficient (Wildman–Crippen LogP) is 4.88. The minimum atomic E-state index is -0.389. The van der Waals surface area contributed by atoms with Crippen molar-refractivity contribution >= 4 is 5.97 Å². The van der Waals surface area contributed by atoms with E-state index in [2.05, 4.69) is 20.4 Å². The van der Waals surface area contributed by atoms with Gasteiger partial charge in [-0.05, 0) is 39.5 Å². The topological polar surface area (TPSA) is 26.3 Å². The van der Waals surface area contributed by atoms with E-state index in [0.717, 1.165) is 19.3 Å². The van der Waals surface area contributed by atoms with E-state index in [1.807, 2.05) is 13.8 Å². The van der Waals surface area contributed by atoms with Crippen LogP contribution in [-0.2, 0) is 9.53 Å². The van der Waals surface area contributed by atoms with Crippen LogP contribution in [0, 0.1) is 5.92 Å². The average Bonchev–Trinajstić information content (AvgIpc) is 2.27. The van der Waals surface area contributed by atoms with Crippen molar-refractivity contribution in [2.75, 3.05) is 0 Å². The summed E-state index contributed by atoms with van der Waals surface area (Å²) in [6.45, 7) is 13.8. The molecule has 0 aromatic rings. The first-order valence-electron chi connectivity index (χ1n) is 7.24. The number of unbranched alkanes of at least 4 members (excludes halogenated alkanes) is 2. The van der Waals surface area contributed by atoms with Gasteiger partial charge in [-0.15, -0.1) is 0 Å². The highest BCUT2D eigenvalue weighted by Gasteiger charge is 2.32. The van der Waals surface area contributed by atoms with Crippen molar-refractivity contribution in [3.8, 4) is 0 Å². The number of ether oxygens (including phenoxy) is 1. The number of hydrogen-bond donors (Lipinski definition) is 0. The first-order valence-corrected chi connectivity index (χ1v) is 7.24. The molecule has 0 fully saturated rings. The largest absolute Gasteiger partial charge is 0.456 e. The third-order valence-electron chi connectivity index (χ3n) is 3.48. The molecule has 0 rings (SSSR count). The van der Waals surface area contributed by atoms with Crippen LogP contribution in [0.5, 0.6) is 0 Å². The van der Waals surface area contributed by atoms with Crippen LogP contribution in [0.4, 0.5) is 0 Å². The summed E-state index contributed by atoms with van der Waals surface area (Å²) in [6, 6.07) is 0. The van der Waals surface area contributed by atoms with Crippen molar-refractivity contribution < 1.29 is 9.53 Å². The van der Waals surface area contributed by atoms with E-state index in [0.29, 0.717) is 11.5 Å². The molecule has 0 aliphatic heterocycles. The fourth-order valence-corrected chi connectivity index (χ4v) is 2.24. The predicted molar refractivity (Wildman–Crippen MR) is 77.5 cm³/mol. The van der Waals surface area contributed by atoms with E-state index in [1.54, 1.807) is 6.92 Å². The molecule has 0 heterocycles. The fourth-order valence-electron chi connectivity index (χ4n) is 2.24. The summed E-state index contributed by atoms with van der Waals surface area (Å²) in [5.74, 6) is 0.175. The Bertz CT molecular complexity index is 266. The molecular formula is C16H30O2. The quantitative estimate of drug-likeness (QED) is 0.333. The highest BCUT2D eigenvalue weighted by atomic mass is 16.6. The summed E-state index contributed by atoms with van der Waals surface area (Å²) < 4.78 is 5.61. The van der Waals surface area contributed by atoms with Gasteiger partial charge in [-0.1, -0.05) is 46.1 Å². The van der Waals surface area contributed by atoms with Crippen LogP contribution < -0.4 is 0 Å². The Hall–Kier alpha value is -0.790. The van der Waals surface area contributed by atoms with Crippen molar-refractivity contribution in [3.63, 3.8) is 0 Å². The van der Waals surface area contributed by atoms with Gasteiger partial charge in [0.15, 0.2) is 0 Å². The smallest absolute Gasteiger partial charge is 0.333 e. The first kappa shape index (κ1) is 17.2. The number of rotatable bonds is 9. The highest BCUT2D eigenvalue weighted by Crippen LogP contribution is 2.31. The maximum atomic E-state index is 11.7. The van der Waals surface area contributed by atoms with Crippen LogP contribution in [-0.4, -0.2) is 11.6 Å². The Labute approximate surface area is 113 Å². The number of esters is 1. The molecule has 1 atom stereocenters. The van der Waals surface area contributed by atoms with Crippen LogP contribution in [0.3, 0.4) is 0 Å². The van der Waals surface area contributed by atoms with Crippen molar-refractivity contribution in [1.82, 2.24) is 0 Å². The molecule has 0 saturated carbocycles. The molecule has 0 aromatic carbocycles. The van der Waals surface area contributed by atoms with Gasteiger partial charge < -0.3 is 4.74 Å². The molecule has 0 radical (unpaired) electrons. The zero-order valence-electron chi connectivity index (χ0n) is 12.8. The minimum absolute atomic E-state index is 0.267. The first-order chi connectivity index (χ1) is 8.35. The molecule has 2 nitrogen and oxygen atoms in total. The van der Waals surface area contributed by atoms with Crippen molar-refractivity contribution in [3.05, 3.63) is 12.2 Å². The van der Waals surface area contributed by atoms with Crippen molar-refractivity contribution in [2.24, 2.45) is 5.92 Å². The van der Waals surface area contributed by atoms with Gasteiger partial charge in [-0.2, -0.15) is 0 Å². The third-order valence-corrected chi connectivity index (χ3v) is 3.48. The Morgan fingerprint density at radius 2 is 1.78 bits per heavy atom. The second-order valence-corrected chi connectivity index (χ2v) is 5.75. The van der Waals surface area contributed by atoms with Gasteiger partial charge in [0.1, 0.15) is 5.60 Å². The lowest BCUT2D eigenvalue weighted by Crippen LogP contribution is -2.37. The summed E-state index contributed by atoms with van der Waals surface area (Å²) in [5.41, 5.74) is 0.0895. The molecular weight excluding hydrogens is 224 g/mol. The lowest BCUT2D eigenvalue weighted by molar-refractivity contribution is -0.157. The summed E-state index contributed by atoms with van der Waals surface area (Å²) in [7, 11) is 0. The lowest BCUT2D eigenvalue weighted by atomic mass is 9.83. The molecule has 0 aliphatic rings. The second-order valence-electron chi connectivity index (χ2n) is 5.75. The number of hydrogen-bond acceptors (Lipinski definition) is 2. The van der Waals surface area contributed by atoms with Gasteiger partial charge in [-0.25, -0.2) is 4.79 Å². The Kier molecular flexibility index (Phi) is 7.97. The van der Waals surface area contributed by atoms with Crippen molar-refractivity contribution in [2.45, 2.75) is 78.7 Å². The lowest BCUT2D eigenvalue weighted by Gasteiger charge is -2.34. The van der Waals surface area contributed by atoms with Gasteiger partial charge >= 0.3 is 5.97 Å².